The molecule has 0 unspecified atom stereocenters. The number of alkyl halides is 1. The first-order chi connectivity index (χ1) is 8.15. The Kier molecular flexibility index (Phi) is 5.63. The molecule has 1 aromatic rings. The van der Waals surface area contributed by atoms with E-state index in [2.05, 4.69) is 22.5 Å². The Labute approximate surface area is 109 Å². The molecule has 1 rings (SSSR count). The van der Waals surface area contributed by atoms with E-state index in [1.807, 2.05) is 6.07 Å². The first kappa shape index (κ1) is 13.6. The SMILES string of the molecule is C=C(OC(=O)c1ccccc1)[C@H](Br)CCC=O. The molecular weight excluding hydrogens is 284 g/mol. The quantitative estimate of drug-likeness (QED) is 0.351. The lowest BCUT2D eigenvalue weighted by molar-refractivity contribution is -0.107. The van der Waals surface area contributed by atoms with Crippen molar-refractivity contribution in [3.8, 4) is 0 Å². The van der Waals surface area contributed by atoms with Gasteiger partial charge in [0.1, 0.15) is 12.0 Å². The molecule has 17 heavy (non-hydrogen) atoms. The van der Waals surface area contributed by atoms with Crippen LogP contribution < -0.4 is 0 Å². The summed E-state index contributed by atoms with van der Waals surface area (Å²) in [5, 5.41) is 0. The van der Waals surface area contributed by atoms with E-state index in [-0.39, 0.29) is 4.83 Å². The van der Waals surface area contributed by atoms with E-state index in [9.17, 15) is 9.59 Å². The first-order valence-corrected chi connectivity index (χ1v) is 6.10. The number of allylic oxidation sites excluding steroid dienone is 1. The zero-order chi connectivity index (χ0) is 12.7. The van der Waals surface area contributed by atoms with Crippen molar-refractivity contribution >= 4 is 28.2 Å². The maximum Gasteiger partial charge on any atom is 0.343 e. The molecule has 4 heteroatoms. The minimum absolute atomic E-state index is 0.194. The Hall–Kier alpha value is -1.42. The second-order valence-corrected chi connectivity index (χ2v) is 4.54. The third-order valence-electron chi connectivity index (χ3n) is 2.12. The van der Waals surface area contributed by atoms with Gasteiger partial charge in [-0.2, -0.15) is 0 Å². The largest absolute Gasteiger partial charge is 0.427 e. The van der Waals surface area contributed by atoms with E-state index in [1.54, 1.807) is 24.3 Å². The van der Waals surface area contributed by atoms with Crippen LogP contribution in [0.1, 0.15) is 23.2 Å². The summed E-state index contributed by atoms with van der Waals surface area (Å²) in [4.78, 5) is 21.7. The van der Waals surface area contributed by atoms with Crippen molar-refractivity contribution in [3.63, 3.8) is 0 Å². The smallest absolute Gasteiger partial charge is 0.343 e. The maximum absolute atomic E-state index is 11.7. The van der Waals surface area contributed by atoms with Gasteiger partial charge in [-0.05, 0) is 18.6 Å². The van der Waals surface area contributed by atoms with Crippen LogP contribution in [0, 0.1) is 0 Å². The predicted octanol–water partition coefficient (Wildman–Crippen LogP) is 3.10. The number of hydrogen-bond donors (Lipinski definition) is 0. The van der Waals surface area contributed by atoms with Gasteiger partial charge in [-0.25, -0.2) is 4.79 Å². The molecule has 3 nitrogen and oxygen atoms in total. The number of hydrogen-bond acceptors (Lipinski definition) is 3. The maximum atomic E-state index is 11.7. The Balaban J connectivity index is 2.51. The summed E-state index contributed by atoms with van der Waals surface area (Å²) in [6.07, 6.45) is 1.78. The van der Waals surface area contributed by atoms with Crippen molar-refractivity contribution in [3.05, 3.63) is 48.2 Å². The molecule has 90 valence electrons. The van der Waals surface area contributed by atoms with E-state index in [0.29, 0.717) is 24.2 Å². The van der Waals surface area contributed by atoms with Crippen molar-refractivity contribution in [2.75, 3.05) is 0 Å². The number of benzene rings is 1. The molecule has 0 aliphatic rings. The fourth-order valence-corrected chi connectivity index (χ4v) is 1.55. The summed E-state index contributed by atoms with van der Waals surface area (Å²) in [5.74, 6) is -0.119. The second kappa shape index (κ2) is 7.01. The summed E-state index contributed by atoms with van der Waals surface area (Å²) in [6.45, 7) is 3.67. The van der Waals surface area contributed by atoms with Gasteiger partial charge in [-0.1, -0.05) is 40.7 Å². The number of carbonyl (C=O) groups is 2. The van der Waals surface area contributed by atoms with Gasteiger partial charge in [-0.15, -0.1) is 0 Å². The summed E-state index contributed by atoms with van der Waals surface area (Å²) < 4.78 is 5.10. The fourth-order valence-electron chi connectivity index (χ4n) is 1.19. The monoisotopic (exact) mass is 296 g/mol. The average Bonchev–Trinajstić information content (AvgIpc) is 2.36. The third kappa shape index (κ3) is 4.53. The van der Waals surface area contributed by atoms with Gasteiger partial charge in [-0.3, -0.25) is 0 Å². The molecule has 0 radical (unpaired) electrons. The Morgan fingerprint density at radius 1 is 1.41 bits per heavy atom. The Morgan fingerprint density at radius 2 is 2.06 bits per heavy atom. The molecule has 0 spiro atoms. The highest BCUT2D eigenvalue weighted by Crippen LogP contribution is 2.18. The number of ether oxygens (including phenoxy) is 1. The van der Waals surface area contributed by atoms with Crippen LogP contribution in [0.3, 0.4) is 0 Å². The zero-order valence-corrected chi connectivity index (χ0v) is 10.9. The van der Waals surface area contributed by atoms with Gasteiger partial charge in [0.15, 0.2) is 0 Å². The van der Waals surface area contributed by atoms with Crippen molar-refractivity contribution in [2.24, 2.45) is 0 Å². The number of esters is 1. The van der Waals surface area contributed by atoms with Crippen LogP contribution >= 0.6 is 15.9 Å². The van der Waals surface area contributed by atoms with E-state index >= 15 is 0 Å². The molecule has 0 fully saturated rings. The Bertz CT molecular complexity index is 400. The molecule has 0 bridgehead atoms. The van der Waals surface area contributed by atoms with E-state index in [0.717, 1.165) is 6.29 Å². The van der Waals surface area contributed by atoms with Crippen LogP contribution in [-0.4, -0.2) is 17.1 Å². The molecule has 0 aromatic heterocycles. The minimum atomic E-state index is -0.439. The number of halogens is 1. The van der Waals surface area contributed by atoms with Crippen molar-refractivity contribution < 1.29 is 14.3 Å². The van der Waals surface area contributed by atoms with Crippen LogP contribution in [-0.2, 0) is 9.53 Å². The number of rotatable bonds is 6. The van der Waals surface area contributed by atoms with Gasteiger partial charge in [0, 0.05) is 6.42 Å². The highest BCUT2D eigenvalue weighted by atomic mass is 79.9. The molecule has 0 saturated carbocycles. The van der Waals surface area contributed by atoms with Crippen molar-refractivity contribution in [1.82, 2.24) is 0 Å². The third-order valence-corrected chi connectivity index (χ3v) is 3.09. The molecule has 1 aromatic carbocycles. The molecule has 0 aliphatic carbocycles. The molecule has 0 aliphatic heterocycles. The lowest BCUT2D eigenvalue weighted by Crippen LogP contribution is -2.11. The molecule has 0 heterocycles. The van der Waals surface area contributed by atoms with Crippen LogP contribution in [0.5, 0.6) is 0 Å². The van der Waals surface area contributed by atoms with Crippen molar-refractivity contribution in [2.45, 2.75) is 17.7 Å². The van der Waals surface area contributed by atoms with Crippen LogP contribution in [0.2, 0.25) is 0 Å². The standard InChI is InChI=1S/C13H13BrO3/c1-10(12(14)8-5-9-15)17-13(16)11-6-3-2-4-7-11/h2-4,6-7,9,12H,1,5,8H2/t12-/m1/s1. The summed E-state index contributed by atoms with van der Waals surface area (Å²) >= 11 is 3.31. The predicted molar refractivity (Wildman–Crippen MR) is 69.0 cm³/mol. The summed E-state index contributed by atoms with van der Waals surface area (Å²) in [5.41, 5.74) is 0.476. The average molecular weight is 297 g/mol. The molecule has 1 atom stereocenters. The fraction of sp³-hybridized carbons (Fsp3) is 0.231. The molecule has 0 N–H and O–H groups in total. The number of aldehydes is 1. The van der Waals surface area contributed by atoms with Gasteiger partial charge in [0.25, 0.3) is 0 Å². The van der Waals surface area contributed by atoms with Crippen LogP contribution in [0.4, 0.5) is 0 Å². The lowest BCUT2D eigenvalue weighted by atomic mass is 10.2. The van der Waals surface area contributed by atoms with Gasteiger partial charge in [0.05, 0.1) is 10.4 Å². The second-order valence-electron chi connectivity index (χ2n) is 3.43. The van der Waals surface area contributed by atoms with E-state index in [4.69, 9.17) is 4.74 Å². The van der Waals surface area contributed by atoms with E-state index < -0.39 is 5.97 Å². The van der Waals surface area contributed by atoms with Gasteiger partial charge < -0.3 is 9.53 Å². The zero-order valence-electron chi connectivity index (χ0n) is 9.27. The Morgan fingerprint density at radius 3 is 2.65 bits per heavy atom. The van der Waals surface area contributed by atoms with Gasteiger partial charge >= 0.3 is 5.97 Å². The summed E-state index contributed by atoms with van der Waals surface area (Å²) in [7, 11) is 0. The summed E-state index contributed by atoms with van der Waals surface area (Å²) in [6, 6.07) is 8.69. The number of carbonyl (C=O) groups excluding carboxylic acids is 2. The molecular formula is C13H13BrO3. The topological polar surface area (TPSA) is 43.4 Å². The highest BCUT2D eigenvalue weighted by molar-refractivity contribution is 9.09. The van der Waals surface area contributed by atoms with Crippen LogP contribution in [0.25, 0.3) is 0 Å². The highest BCUT2D eigenvalue weighted by Gasteiger charge is 2.14. The molecule has 0 amide bonds. The lowest BCUT2D eigenvalue weighted by Gasteiger charge is -2.11. The minimum Gasteiger partial charge on any atom is -0.427 e. The molecule has 0 saturated heterocycles. The van der Waals surface area contributed by atoms with E-state index in [1.165, 1.54) is 0 Å². The van der Waals surface area contributed by atoms with Crippen molar-refractivity contribution in [1.29, 1.82) is 0 Å². The van der Waals surface area contributed by atoms with Gasteiger partial charge in [0.2, 0.25) is 0 Å². The first-order valence-electron chi connectivity index (χ1n) is 5.19. The van der Waals surface area contributed by atoms with Crippen LogP contribution in [0.15, 0.2) is 42.7 Å². The normalized spacial score (nSPS) is 11.6.